The average Bonchev–Trinajstić information content (AvgIpc) is 3.47. The quantitative estimate of drug-likeness (QED) is 0.212. The minimum Gasteiger partial charge on any atom is -0.481 e. The highest BCUT2D eigenvalue weighted by molar-refractivity contribution is 7.93. The van der Waals surface area contributed by atoms with Gasteiger partial charge in [0.15, 0.2) is 0 Å². The van der Waals surface area contributed by atoms with Crippen molar-refractivity contribution in [1.82, 2.24) is 10.5 Å². The van der Waals surface area contributed by atoms with Gasteiger partial charge >= 0.3 is 11.9 Å². The molecule has 1 aromatic carbocycles. The van der Waals surface area contributed by atoms with Crippen molar-refractivity contribution in [3.63, 3.8) is 0 Å². The number of sulfonamides is 1. The number of thiophene rings is 1. The summed E-state index contributed by atoms with van der Waals surface area (Å²) in [5.74, 6) is -4.46. The summed E-state index contributed by atoms with van der Waals surface area (Å²) in [4.78, 5) is 48.3. The van der Waals surface area contributed by atoms with Crippen molar-refractivity contribution in [2.24, 2.45) is 0 Å². The first kappa shape index (κ1) is 30.6. The number of rotatable bonds is 11. The molecular weight excluding hydrogens is 588 g/mol. The molecule has 0 spiro atoms. The Morgan fingerprint density at radius 1 is 1.10 bits per heavy atom. The summed E-state index contributed by atoms with van der Waals surface area (Å²) in [7, 11) is -4.31. The van der Waals surface area contributed by atoms with E-state index in [4.69, 9.17) is 21.2 Å². The zero-order valence-corrected chi connectivity index (χ0v) is 24.0. The fourth-order valence-electron chi connectivity index (χ4n) is 3.93. The van der Waals surface area contributed by atoms with Crippen LogP contribution in [-0.2, 0) is 19.6 Å². The van der Waals surface area contributed by atoms with E-state index in [2.05, 4.69) is 20.5 Å². The van der Waals surface area contributed by atoms with E-state index in [9.17, 15) is 32.7 Å². The number of benzene rings is 1. The second-order valence-electron chi connectivity index (χ2n) is 8.77. The molecule has 0 aliphatic rings. The molecule has 0 radical (unpaired) electrons. The van der Waals surface area contributed by atoms with Crippen LogP contribution in [0.25, 0.3) is 0 Å². The number of hydrogen-bond acceptors (Lipinski definition) is 9. The van der Waals surface area contributed by atoms with Crippen molar-refractivity contribution in [1.29, 1.82) is 0 Å². The van der Waals surface area contributed by atoms with Gasteiger partial charge in [0, 0.05) is 17.7 Å². The largest absolute Gasteiger partial charge is 0.481 e. The zero-order valence-electron chi connectivity index (χ0n) is 21.6. The summed E-state index contributed by atoms with van der Waals surface area (Å²) in [6.07, 6.45) is -0.792. The third-order valence-corrected chi connectivity index (χ3v) is 8.69. The molecule has 16 heteroatoms. The average molecular weight is 613 g/mol. The van der Waals surface area contributed by atoms with Crippen molar-refractivity contribution in [2.45, 2.75) is 51.5 Å². The van der Waals surface area contributed by atoms with E-state index in [1.54, 1.807) is 26.8 Å². The molecule has 0 unspecified atom stereocenters. The number of hydrogen-bond donors (Lipinski definition) is 5. The Hall–Kier alpha value is -3.95. The highest BCUT2D eigenvalue weighted by atomic mass is 35.5. The maximum atomic E-state index is 13.3. The molecule has 2 amide bonds. The molecule has 0 saturated carbocycles. The molecule has 2 aromatic heterocycles. The van der Waals surface area contributed by atoms with Gasteiger partial charge in [-0.3, -0.25) is 14.4 Å². The summed E-state index contributed by atoms with van der Waals surface area (Å²) < 4.78 is 33.1. The van der Waals surface area contributed by atoms with E-state index >= 15 is 0 Å². The Bertz CT molecular complexity index is 1610. The lowest BCUT2D eigenvalue weighted by atomic mass is 9.96. The number of carbonyl (C=O) groups is 4. The van der Waals surface area contributed by atoms with Crippen LogP contribution in [0.4, 0.5) is 11.6 Å². The van der Waals surface area contributed by atoms with Crippen LogP contribution in [0.3, 0.4) is 0 Å². The fraction of sp³-hybridized carbons (Fsp3) is 0.292. The molecule has 3 aromatic rings. The molecule has 1 atom stereocenters. The van der Waals surface area contributed by atoms with Crippen molar-refractivity contribution in [3.8, 4) is 0 Å². The van der Waals surface area contributed by atoms with Gasteiger partial charge in [0.2, 0.25) is 0 Å². The molecule has 2 heterocycles. The Morgan fingerprint density at radius 2 is 1.77 bits per heavy atom. The molecule has 0 aliphatic carbocycles. The summed E-state index contributed by atoms with van der Waals surface area (Å²) in [5.41, 5.74) is 1.91. The van der Waals surface area contributed by atoms with Gasteiger partial charge in [-0.2, -0.15) is 0 Å². The van der Waals surface area contributed by atoms with Crippen LogP contribution in [-0.4, -0.2) is 53.6 Å². The number of anilines is 2. The third-order valence-electron chi connectivity index (χ3n) is 5.83. The van der Waals surface area contributed by atoms with Gasteiger partial charge in [0.1, 0.15) is 26.5 Å². The van der Waals surface area contributed by atoms with E-state index in [-0.39, 0.29) is 44.0 Å². The van der Waals surface area contributed by atoms with Gasteiger partial charge in [0.05, 0.1) is 0 Å². The lowest BCUT2D eigenvalue weighted by Gasteiger charge is -2.20. The van der Waals surface area contributed by atoms with Crippen LogP contribution < -0.4 is 15.4 Å². The number of halogens is 1. The van der Waals surface area contributed by atoms with Crippen LogP contribution in [0.1, 0.15) is 55.3 Å². The van der Waals surface area contributed by atoms with Gasteiger partial charge in [-0.25, -0.2) is 17.9 Å². The molecule has 214 valence electrons. The number of nitrogens with one attached hydrogen (secondary N) is 3. The summed E-state index contributed by atoms with van der Waals surface area (Å²) in [5, 5.41) is 28.2. The Labute approximate surface area is 237 Å². The maximum absolute atomic E-state index is 13.3. The predicted octanol–water partition coefficient (Wildman–Crippen LogP) is 3.72. The summed E-state index contributed by atoms with van der Waals surface area (Å²) in [6.45, 7) is 6.36. The highest BCUT2D eigenvalue weighted by Gasteiger charge is 2.29. The van der Waals surface area contributed by atoms with Gasteiger partial charge in [-0.1, -0.05) is 22.8 Å². The number of nitrogens with zero attached hydrogens (tertiary/aromatic N) is 1. The first-order chi connectivity index (χ1) is 18.6. The van der Waals surface area contributed by atoms with Crippen molar-refractivity contribution in [3.05, 3.63) is 55.4 Å². The number of amides is 2. The maximum Gasteiger partial charge on any atom is 0.326 e. The number of carbonyl (C=O) groups excluding carboxylic acids is 2. The fourth-order valence-corrected chi connectivity index (χ4v) is 6.42. The van der Waals surface area contributed by atoms with Crippen molar-refractivity contribution >= 4 is 68.3 Å². The smallest absolute Gasteiger partial charge is 0.326 e. The monoisotopic (exact) mass is 612 g/mol. The van der Waals surface area contributed by atoms with Crippen molar-refractivity contribution in [2.75, 3.05) is 10.0 Å². The first-order valence-electron chi connectivity index (χ1n) is 11.5. The third kappa shape index (κ3) is 6.60. The molecule has 5 N–H and O–H groups in total. The van der Waals surface area contributed by atoms with Gasteiger partial charge in [0.25, 0.3) is 27.7 Å². The SMILES string of the molecule is Cc1cc(C)c(C(=O)N[C@@H](CCC(=O)O)C(=O)O)c(C)c1NC(=O)c1sccc1S(=O)(=O)Nc1onc(C)c1Cl. The Morgan fingerprint density at radius 3 is 2.35 bits per heavy atom. The number of aliphatic carboxylic acids is 2. The summed E-state index contributed by atoms with van der Waals surface area (Å²) in [6, 6.07) is 1.39. The number of carboxylic acid groups (broad SMARTS) is 2. The van der Waals surface area contributed by atoms with Gasteiger partial charge in [-0.15, -0.1) is 11.3 Å². The molecule has 3 rings (SSSR count). The molecule has 0 fully saturated rings. The number of aromatic nitrogens is 1. The topological polar surface area (TPSA) is 205 Å². The van der Waals surface area contributed by atoms with Crippen LogP contribution in [0.5, 0.6) is 0 Å². The Balaban J connectivity index is 1.90. The normalized spacial score (nSPS) is 12.0. The lowest BCUT2D eigenvalue weighted by molar-refractivity contribution is -0.140. The van der Waals surface area contributed by atoms with Crippen LogP contribution >= 0.6 is 22.9 Å². The van der Waals surface area contributed by atoms with Crippen molar-refractivity contribution < 1.29 is 42.3 Å². The van der Waals surface area contributed by atoms with Crippen LogP contribution in [0, 0.1) is 27.7 Å². The van der Waals surface area contributed by atoms with E-state index in [0.29, 0.717) is 16.7 Å². The second-order valence-corrected chi connectivity index (χ2v) is 11.7. The van der Waals surface area contributed by atoms with Gasteiger partial charge < -0.3 is 25.4 Å². The lowest BCUT2D eigenvalue weighted by Crippen LogP contribution is -2.41. The van der Waals surface area contributed by atoms with Crippen LogP contribution in [0.15, 0.2) is 26.9 Å². The standard InChI is InChI=1S/C24H25ClN4O9S2/c1-10-9-11(2)19(12(3)17(10)21(32)26-14(24(34)35)5-6-16(30)31)27-22(33)20-15(7-8-39-20)40(36,37)29-23-18(25)13(4)28-38-23/h7-9,14,29H,5-6H2,1-4H3,(H,26,32)(H,27,33)(H,30,31)(H,34,35)/t14-/m0/s1. The summed E-state index contributed by atoms with van der Waals surface area (Å²) >= 11 is 6.87. The molecule has 0 aliphatic heterocycles. The number of carboxylic acids is 2. The van der Waals surface area contributed by atoms with Gasteiger partial charge in [-0.05, 0) is 62.3 Å². The van der Waals surface area contributed by atoms with E-state index in [1.165, 1.54) is 18.4 Å². The van der Waals surface area contributed by atoms with E-state index in [0.717, 1.165) is 11.3 Å². The van der Waals surface area contributed by atoms with Crippen LogP contribution in [0.2, 0.25) is 5.02 Å². The molecule has 0 saturated heterocycles. The second kappa shape index (κ2) is 12.1. The van der Waals surface area contributed by atoms with E-state index in [1.807, 2.05) is 0 Å². The van der Waals surface area contributed by atoms with E-state index < -0.39 is 46.2 Å². The molecular formula is C24H25ClN4O9S2. The predicted molar refractivity (Wildman–Crippen MR) is 146 cm³/mol. The first-order valence-corrected chi connectivity index (χ1v) is 14.3. The minimum atomic E-state index is -4.31. The Kier molecular flexibility index (Phi) is 9.22. The number of aryl methyl sites for hydroxylation is 3. The molecule has 40 heavy (non-hydrogen) atoms. The molecule has 0 bridgehead atoms. The molecule has 13 nitrogen and oxygen atoms in total. The minimum absolute atomic E-state index is 0.0328. The zero-order chi connectivity index (χ0) is 29.9. The highest BCUT2D eigenvalue weighted by Crippen LogP contribution is 2.32.